The third-order valence-corrected chi connectivity index (χ3v) is 4.26. The molecule has 3 aromatic rings. The van der Waals surface area contributed by atoms with E-state index in [0.29, 0.717) is 24.0 Å². The number of thiazole rings is 1. The van der Waals surface area contributed by atoms with Crippen molar-refractivity contribution in [3.8, 4) is 0 Å². The van der Waals surface area contributed by atoms with Gasteiger partial charge in [0.15, 0.2) is 0 Å². The molecule has 0 aliphatic rings. The van der Waals surface area contributed by atoms with Crippen LogP contribution in [0.3, 0.4) is 0 Å². The summed E-state index contributed by atoms with van der Waals surface area (Å²) in [6.07, 6.45) is 0.642. The van der Waals surface area contributed by atoms with Crippen molar-refractivity contribution in [3.05, 3.63) is 50.3 Å². The number of nitrogens with one attached hydrogen (secondary N) is 1. The molecule has 0 atom stereocenters. The summed E-state index contributed by atoms with van der Waals surface area (Å²) >= 11 is 1.56. The van der Waals surface area contributed by atoms with Gasteiger partial charge in [-0.25, -0.2) is 14.6 Å². The van der Waals surface area contributed by atoms with E-state index in [0.717, 1.165) is 10.7 Å². The highest BCUT2D eigenvalue weighted by molar-refractivity contribution is 7.09. The van der Waals surface area contributed by atoms with E-state index in [1.807, 2.05) is 12.3 Å². The van der Waals surface area contributed by atoms with Crippen molar-refractivity contribution in [3.63, 3.8) is 0 Å². The minimum Gasteiger partial charge on any atom is -0.478 e. The fourth-order valence-corrected chi connectivity index (χ4v) is 3.00. The second kappa shape index (κ2) is 5.17. The highest BCUT2D eigenvalue weighted by Crippen LogP contribution is 2.15. The summed E-state index contributed by atoms with van der Waals surface area (Å²) < 4.78 is 1.55. The van der Waals surface area contributed by atoms with E-state index >= 15 is 0 Å². The Hall–Kier alpha value is -2.41. The first-order valence-electron chi connectivity index (χ1n) is 6.41. The second-order valence-corrected chi connectivity index (χ2v) is 5.69. The number of aromatic nitrogens is 3. The van der Waals surface area contributed by atoms with E-state index in [1.165, 1.54) is 12.1 Å². The van der Waals surface area contributed by atoms with E-state index in [9.17, 15) is 9.59 Å². The van der Waals surface area contributed by atoms with Crippen molar-refractivity contribution in [1.29, 1.82) is 0 Å². The van der Waals surface area contributed by atoms with Crippen LogP contribution in [0.15, 0.2) is 28.4 Å². The van der Waals surface area contributed by atoms with Gasteiger partial charge in [-0.1, -0.05) is 0 Å². The highest BCUT2D eigenvalue weighted by atomic mass is 32.1. The van der Waals surface area contributed by atoms with Gasteiger partial charge in [-0.15, -0.1) is 11.3 Å². The topological polar surface area (TPSA) is 88.0 Å². The van der Waals surface area contributed by atoms with Gasteiger partial charge in [0.25, 0.3) is 0 Å². The number of nitrogens with zero attached hydrogens (tertiary/aromatic N) is 2. The van der Waals surface area contributed by atoms with E-state index in [2.05, 4.69) is 9.97 Å². The monoisotopic (exact) mass is 303 g/mol. The number of fused-ring (bicyclic) bond motifs is 1. The number of aromatic amines is 1. The van der Waals surface area contributed by atoms with Crippen molar-refractivity contribution >= 4 is 28.3 Å². The number of benzene rings is 1. The first-order valence-corrected chi connectivity index (χ1v) is 7.29. The van der Waals surface area contributed by atoms with Gasteiger partial charge >= 0.3 is 11.7 Å². The molecule has 0 radical (unpaired) electrons. The molecular weight excluding hydrogens is 290 g/mol. The molecule has 1 aromatic carbocycles. The average Bonchev–Trinajstić information content (AvgIpc) is 2.98. The molecule has 2 heterocycles. The SMILES string of the molecule is Cc1csc(CCn2c(=O)[nH]c3ccc(C(=O)O)cc32)n1. The van der Waals surface area contributed by atoms with E-state index < -0.39 is 5.97 Å². The third-order valence-electron chi connectivity index (χ3n) is 3.24. The van der Waals surface area contributed by atoms with Crippen molar-refractivity contribution in [2.75, 3.05) is 0 Å². The van der Waals surface area contributed by atoms with Crippen LogP contribution in [0.1, 0.15) is 21.1 Å². The molecule has 3 rings (SSSR count). The average molecular weight is 303 g/mol. The zero-order chi connectivity index (χ0) is 15.0. The van der Waals surface area contributed by atoms with Crippen LogP contribution in [0, 0.1) is 6.92 Å². The molecule has 6 nitrogen and oxygen atoms in total. The molecule has 0 saturated heterocycles. The summed E-state index contributed by atoms with van der Waals surface area (Å²) in [5, 5.41) is 12.0. The predicted octanol–water partition coefficient (Wildman–Crippen LogP) is 2.04. The zero-order valence-electron chi connectivity index (χ0n) is 11.3. The third kappa shape index (κ3) is 2.59. The van der Waals surface area contributed by atoms with Crippen molar-refractivity contribution in [2.45, 2.75) is 19.9 Å². The minimum absolute atomic E-state index is 0.167. The molecule has 0 spiro atoms. The molecule has 0 bridgehead atoms. The van der Waals surface area contributed by atoms with Crippen LogP contribution in [0.5, 0.6) is 0 Å². The molecule has 0 aliphatic heterocycles. The van der Waals surface area contributed by atoms with Crippen LogP contribution in [0.2, 0.25) is 0 Å². The first-order chi connectivity index (χ1) is 10.0. The largest absolute Gasteiger partial charge is 0.478 e. The molecule has 108 valence electrons. The number of aryl methyl sites for hydroxylation is 3. The number of aromatic carboxylic acids is 1. The zero-order valence-corrected chi connectivity index (χ0v) is 12.1. The van der Waals surface area contributed by atoms with E-state index in [-0.39, 0.29) is 11.3 Å². The Morgan fingerprint density at radius 3 is 2.95 bits per heavy atom. The molecular formula is C14H13N3O3S. The lowest BCUT2D eigenvalue weighted by Crippen LogP contribution is -2.18. The van der Waals surface area contributed by atoms with Crippen LogP contribution < -0.4 is 5.69 Å². The molecule has 2 N–H and O–H groups in total. The summed E-state index contributed by atoms with van der Waals surface area (Å²) in [4.78, 5) is 30.1. The van der Waals surface area contributed by atoms with Gasteiger partial charge < -0.3 is 10.1 Å². The molecule has 0 unspecified atom stereocenters. The van der Waals surface area contributed by atoms with Crippen LogP contribution in [-0.2, 0) is 13.0 Å². The van der Waals surface area contributed by atoms with Gasteiger partial charge in [-0.3, -0.25) is 4.57 Å². The van der Waals surface area contributed by atoms with E-state index in [1.54, 1.807) is 22.0 Å². The first kappa shape index (κ1) is 13.6. The van der Waals surface area contributed by atoms with Gasteiger partial charge in [0.2, 0.25) is 0 Å². The van der Waals surface area contributed by atoms with Crippen LogP contribution in [-0.4, -0.2) is 25.6 Å². The van der Waals surface area contributed by atoms with Crippen molar-refractivity contribution in [2.24, 2.45) is 0 Å². The van der Waals surface area contributed by atoms with Crippen molar-refractivity contribution in [1.82, 2.24) is 14.5 Å². The molecule has 7 heteroatoms. The lowest BCUT2D eigenvalue weighted by atomic mass is 10.2. The molecule has 0 fully saturated rings. The number of hydrogen-bond acceptors (Lipinski definition) is 4. The fraction of sp³-hybridized carbons (Fsp3) is 0.214. The number of imidazole rings is 1. The highest BCUT2D eigenvalue weighted by Gasteiger charge is 2.11. The molecule has 2 aromatic heterocycles. The lowest BCUT2D eigenvalue weighted by Gasteiger charge is -2.02. The molecule has 0 saturated carbocycles. The molecule has 0 amide bonds. The summed E-state index contributed by atoms with van der Waals surface area (Å²) in [6, 6.07) is 4.61. The van der Waals surface area contributed by atoms with Crippen molar-refractivity contribution < 1.29 is 9.90 Å². The minimum atomic E-state index is -1.01. The summed E-state index contributed by atoms with van der Waals surface area (Å²) in [5.74, 6) is -1.01. The Bertz CT molecular complexity index is 875. The van der Waals surface area contributed by atoms with Crippen LogP contribution >= 0.6 is 11.3 Å². The maximum Gasteiger partial charge on any atom is 0.335 e. The number of carboxylic acids is 1. The van der Waals surface area contributed by atoms with Crippen LogP contribution in [0.25, 0.3) is 11.0 Å². The number of H-pyrrole nitrogens is 1. The number of carbonyl (C=O) groups is 1. The Morgan fingerprint density at radius 1 is 1.48 bits per heavy atom. The van der Waals surface area contributed by atoms with E-state index in [4.69, 9.17) is 5.11 Å². The van der Waals surface area contributed by atoms with Gasteiger partial charge in [0.05, 0.1) is 21.6 Å². The van der Waals surface area contributed by atoms with Gasteiger partial charge in [-0.2, -0.15) is 0 Å². The normalized spacial score (nSPS) is 11.1. The summed E-state index contributed by atoms with van der Waals surface area (Å²) in [7, 11) is 0. The Morgan fingerprint density at radius 2 is 2.29 bits per heavy atom. The summed E-state index contributed by atoms with van der Waals surface area (Å²) in [6.45, 7) is 2.39. The van der Waals surface area contributed by atoms with Gasteiger partial charge in [0.1, 0.15) is 0 Å². The maximum atomic E-state index is 12.0. The number of rotatable bonds is 4. The Labute approximate surface area is 123 Å². The standard InChI is InChI=1S/C14H13N3O3S/c1-8-7-21-12(15-8)4-5-17-11-6-9(13(18)19)2-3-10(11)16-14(17)20/h2-3,6-7H,4-5H2,1H3,(H,16,20)(H,18,19). The summed E-state index contributed by atoms with van der Waals surface area (Å²) in [5.41, 5.74) is 2.14. The number of hydrogen-bond donors (Lipinski definition) is 2. The van der Waals surface area contributed by atoms with Gasteiger partial charge in [-0.05, 0) is 25.1 Å². The molecule has 0 aliphatic carbocycles. The lowest BCUT2D eigenvalue weighted by molar-refractivity contribution is 0.0697. The predicted molar refractivity (Wildman–Crippen MR) is 80.1 cm³/mol. The van der Waals surface area contributed by atoms with Crippen LogP contribution in [0.4, 0.5) is 0 Å². The quantitative estimate of drug-likeness (QED) is 0.772. The smallest absolute Gasteiger partial charge is 0.335 e. The second-order valence-electron chi connectivity index (χ2n) is 4.75. The number of carboxylic acid groups (broad SMARTS) is 1. The molecule has 21 heavy (non-hydrogen) atoms. The Kier molecular flexibility index (Phi) is 3.34. The van der Waals surface area contributed by atoms with Gasteiger partial charge in [0, 0.05) is 24.0 Å². The maximum absolute atomic E-state index is 12.0. The Balaban J connectivity index is 1.96. The fourth-order valence-electron chi connectivity index (χ4n) is 2.23.